The summed E-state index contributed by atoms with van der Waals surface area (Å²) in [4.78, 5) is 15.7. The predicted molar refractivity (Wildman–Crippen MR) is 68.1 cm³/mol. The maximum Gasteiger partial charge on any atom is 0.274 e. The van der Waals surface area contributed by atoms with Crippen LogP contribution in [-0.4, -0.2) is 17.9 Å². The number of aromatic nitrogens is 1. The van der Waals surface area contributed by atoms with E-state index in [0.29, 0.717) is 5.69 Å². The molecular formula is C13H10F3N3O. The molecule has 2 aromatic rings. The highest BCUT2D eigenvalue weighted by atomic mass is 19.2. The summed E-state index contributed by atoms with van der Waals surface area (Å²) in [6.45, 7) is 0. The summed E-state index contributed by atoms with van der Waals surface area (Å²) < 4.78 is 39.2. The van der Waals surface area contributed by atoms with Gasteiger partial charge in [-0.2, -0.15) is 0 Å². The number of pyridine rings is 1. The molecular weight excluding hydrogens is 271 g/mol. The topological polar surface area (TPSA) is 54.0 Å². The van der Waals surface area contributed by atoms with Crippen molar-refractivity contribution in [1.29, 1.82) is 0 Å². The number of hydrogen-bond donors (Lipinski definition) is 2. The highest BCUT2D eigenvalue weighted by molar-refractivity contribution is 6.03. The fourth-order valence-corrected chi connectivity index (χ4v) is 1.52. The third-order valence-corrected chi connectivity index (χ3v) is 2.56. The van der Waals surface area contributed by atoms with Gasteiger partial charge >= 0.3 is 0 Å². The normalized spacial score (nSPS) is 10.2. The molecule has 0 saturated carbocycles. The predicted octanol–water partition coefficient (Wildman–Crippen LogP) is 2.79. The van der Waals surface area contributed by atoms with Crippen molar-refractivity contribution in [2.45, 2.75) is 0 Å². The first-order valence-electron chi connectivity index (χ1n) is 5.61. The molecule has 4 nitrogen and oxygen atoms in total. The van der Waals surface area contributed by atoms with Crippen molar-refractivity contribution in [3.63, 3.8) is 0 Å². The fourth-order valence-electron chi connectivity index (χ4n) is 1.52. The summed E-state index contributed by atoms with van der Waals surface area (Å²) in [5, 5.41) is 4.95. The Kier molecular flexibility index (Phi) is 3.88. The molecule has 104 valence electrons. The van der Waals surface area contributed by atoms with Gasteiger partial charge in [0.05, 0.1) is 5.69 Å². The Bertz CT molecular complexity index is 661. The van der Waals surface area contributed by atoms with E-state index in [4.69, 9.17) is 0 Å². The zero-order valence-corrected chi connectivity index (χ0v) is 10.4. The molecule has 2 N–H and O–H groups in total. The van der Waals surface area contributed by atoms with E-state index in [1.165, 1.54) is 12.3 Å². The van der Waals surface area contributed by atoms with Crippen LogP contribution in [0.15, 0.2) is 30.5 Å². The van der Waals surface area contributed by atoms with Crippen LogP contribution in [0.3, 0.4) is 0 Å². The van der Waals surface area contributed by atoms with E-state index in [2.05, 4.69) is 15.6 Å². The molecule has 0 saturated heterocycles. The largest absolute Gasteiger partial charge is 0.388 e. The first-order chi connectivity index (χ1) is 9.52. The standard InChI is InChI=1S/C13H10F3N3O/c1-17-7-4-5-18-10(6-7)13(20)19-9-3-2-8(14)11(15)12(9)16/h2-6H,1H3,(H,17,18)(H,19,20). The molecule has 0 bridgehead atoms. The molecule has 0 atom stereocenters. The molecule has 20 heavy (non-hydrogen) atoms. The van der Waals surface area contributed by atoms with Gasteiger partial charge in [0.1, 0.15) is 5.69 Å². The summed E-state index contributed by atoms with van der Waals surface area (Å²) in [7, 11) is 1.66. The molecule has 0 fully saturated rings. The van der Waals surface area contributed by atoms with E-state index in [0.717, 1.165) is 12.1 Å². The van der Waals surface area contributed by atoms with Crippen molar-refractivity contribution in [2.75, 3.05) is 17.7 Å². The number of nitrogens with zero attached hydrogens (tertiary/aromatic N) is 1. The molecule has 0 aliphatic rings. The first-order valence-corrected chi connectivity index (χ1v) is 5.61. The summed E-state index contributed by atoms with van der Waals surface area (Å²) >= 11 is 0. The monoisotopic (exact) mass is 281 g/mol. The average molecular weight is 281 g/mol. The first kappa shape index (κ1) is 13.9. The number of anilines is 2. The van der Waals surface area contributed by atoms with Crippen LogP contribution in [0.2, 0.25) is 0 Å². The van der Waals surface area contributed by atoms with E-state index in [9.17, 15) is 18.0 Å². The summed E-state index contributed by atoms with van der Waals surface area (Å²) in [6.07, 6.45) is 1.39. The van der Waals surface area contributed by atoms with E-state index < -0.39 is 29.0 Å². The van der Waals surface area contributed by atoms with Gasteiger partial charge in [-0.05, 0) is 24.3 Å². The van der Waals surface area contributed by atoms with Crippen LogP contribution >= 0.6 is 0 Å². The van der Waals surface area contributed by atoms with Crippen LogP contribution in [0.25, 0.3) is 0 Å². The lowest BCUT2D eigenvalue weighted by Crippen LogP contribution is -2.15. The minimum Gasteiger partial charge on any atom is -0.388 e. The number of halogens is 3. The minimum absolute atomic E-state index is 0.0148. The molecule has 0 aliphatic heterocycles. The number of hydrogen-bond acceptors (Lipinski definition) is 3. The van der Waals surface area contributed by atoms with Crippen LogP contribution in [0, 0.1) is 17.5 Å². The highest BCUT2D eigenvalue weighted by Crippen LogP contribution is 2.20. The summed E-state index contributed by atoms with van der Waals surface area (Å²) in [6, 6.07) is 4.74. The van der Waals surface area contributed by atoms with Crippen molar-refractivity contribution >= 4 is 17.3 Å². The molecule has 1 amide bonds. The van der Waals surface area contributed by atoms with Gasteiger partial charge < -0.3 is 10.6 Å². The number of carbonyl (C=O) groups excluding carboxylic acids is 1. The maximum absolute atomic E-state index is 13.4. The number of amides is 1. The van der Waals surface area contributed by atoms with Gasteiger partial charge in [0.2, 0.25) is 0 Å². The summed E-state index contributed by atoms with van der Waals surface area (Å²) in [5.41, 5.74) is 0.197. The molecule has 0 spiro atoms. The van der Waals surface area contributed by atoms with Crippen LogP contribution in [0.4, 0.5) is 24.5 Å². The molecule has 1 heterocycles. The van der Waals surface area contributed by atoms with Gasteiger partial charge in [-0.15, -0.1) is 0 Å². The molecule has 1 aromatic heterocycles. The van der Waals surface area contributed by atoms with Crippen LogP contribution in [-0.2, 0) is 0 Å². The number of benzene rings is 1. The van der Waals surface area contributed by atoms with Gasteiger partial charge in [-0.25, -0.2) is 13.2 Å². The zero-order valence-electron chi connectivity index (χ0n) is 10.4. The fraction of sp³-hybridized carbons (Fsp3) is 0.0769. The molecule has 0 unspecified atom stereocenters. The van der Waals surface area contributed by atoms with E-state index in [-0.39, 0.29) is 5.69 Å². The van der Waals surface area contributed by atoms with Crippen molar-refractivity contribution in [3.05, 3.63) is 53.6 Å². The molecule has 0 radical (unpaired) electrons. The Hall–Kier alpha value is -2.57. The Labute approximate surface area is 112 Å². The second kappa shape index (κ2) is 5.60. The van der Waals surface area contributed by atoms with Crippen molar-refractivity contribution in [2.24, 2.45) is 0 Å². The van der Waals surface area contributed by atoms with Crippen molar-refractivity contribution < 1.29 is 18.0 Å². The maximum atomic E-state index is 13.4. The Morgan fingerprint density at radius 3 is 2.60 bits per heavy atom. The summed E-state index contributed by atoms with van der Waals surface area (Å²) in [5.74, 6) is -5.15. The lowest BCUT2D eigenvalue weighted by molar-refractivity contribution is 0.102. The zero-order chi connectivity index (χ0) is 14.7. The van der Waals surface area contributed by atoms with Gasteiger partial charge in [0.15, 0.2) is 17.5 Å². The van der Waals surface area contributed by atoms with Crippen LogP contribution in [0.5, 0.6) is 0 Å². The smallest absolute Gasteiger partial charge is 0.274 e. The third-order valence-electron chi connectivity index (χ3n) is 2.56. The van der Waals surface area contributed by atoms with Gasteiger partial charge in [0.25, 0.3) is 5.91 Å². The lowest BCUT2D eigenvalue weighted by atomic mass is 10.2. The van der Waals surface area contributed by atoms with Gasteiger partial charge in [0, 0.05) is 18.9 Å². The number of carbonyl (C=O) groups is 1. The number of nitrogens with one attached hydrogen (secondary N) is 2. The minimum atomic E-state index is -1.64. The quantitative estimate of drug-likeness (QED) is 0.851. The van der Waals surface area contributed by atoms with Crippen LogP contribution in [0.1, 0.15) is 10.5 Å². The van der Waals surface area contributed by atoms with E-state index in [1.54, 1.807) is 13.1 Å². The van der Waals surface area contributed by atoms with Crippen molar-refractivity contribution in [3.8, 4) is 0 Å². The van der Waals surface area contributed by atoms with Gasteiger partial charge in [-0.3, -0.25) is 9.78 Å². The molecule has 7 heteroatoms. The average Bonchev–Trinajstić information content (AvgIpc) is 2.48. The third kappa shape index (κ3) is 2.71. The second-order valence-electron chi connectivity index (χ2n) is 3.86. The van der Waals surface area contributed by atoms with Gasteiger partial charge in [-0.1, -0.05) is 0 Å². The van der Waals surface area contributed by atoms with Crippen LogP contribution < -0.4 is 10.6 Å². The molecule has 0 aliphatic carbocycles. The van der Waals surface area contributed by atoms with E-state index in [1.807, 2.05) is 0 Å². The Morgan fingerprint density at radius 1 is 1.15 bits per heavy atom. The Balaban J connectivity index is 2.25. The highest BCUT2D eigenvalue weighted by Gasteiger charge is 2.16. The second-order valence-corrected chi connectivity index (χ2v) is 3.86. The Morgan fingerprint density at radius 2 is 1.90 bits per heavy atom. The van der Waals surface area contributed by atoms with Crippen molar-refractivity contribution in [1.82, 2.24) is 4.98 Å². The lowest BCUT2D eigenvalue weighted by Gasteiger charge is -2.07. The number of rotatable bonds is 3. The van der Waals surface area contributed by atoms with E-state index >= 15 is 0 Å². The molecule has 1 aromatic carbocycles. The molecule has 2 rings (SSSR count). The SMILES string of the molecule is CNc1ccnc(C(=O)Nc2ccc(F)c(F)c2F)c1.